The van der Waals surface area contributed by atoms with Gasteiger partial charge in [0.15, 0.2) is 0 Å². The topological polar surface area (TPSA) is 44.9 Å². The van der Waals surface area contributed by atoms with Crippen LogP contribution >= 0.6 is 0 Å². The van der Waals surface area contributed by atoms with E-state index in [2.05, 4.69) is 10.3 Å². The zero-order valence-electron chi connectivity index (χ0n) is 9.86. The molecule has 0 saturated heterocycles. The van der Waals surface area contributed by atoms with Crippen LogP contribution < -0.4 is 5.32 Å². The number of H-pyrrole nitrogens is 1. The molecule has 0 aliphatic carbocycles. The van der Waals surface area contributed by atoms with Crippen molar-refractivity contribution in [3.63, 3.8) is 0 Å². The van der Waals surface area contributed by atoms with Gasteiger partial charge in [0.1, 0.15) is 0 Å². The number of carbonyl (C=O) groups excluding carboxylic acids is 1. The standard InChI is InChI=1S/C14H16N2O/c1-11-4-6-13(7-5-11)16-14(17)9-8-12-3-2-10-15-12/h2-7,10,15H,8-9H2,1H3,(H,16,17). The number of rotatable bonds is 4. The maximum absolute atomic E-state index is 11.7. The Bertz CT molecular complexity index is 471. The van der Waals surface area contributed by atoms with Crippen LogP contribution in [-0.4, -0.2) is 10.9 Å². The molecule has 0 radical (unpaired) electrons. The fourth-order valence-electron chi connectivity index (χ4n) is 1.63. The molecule has 0 spiro atoms. The van der Waals surface area contributed by atoms with Crippen LogP contribution in [0, 0.1) is 6.92 Å². The van der Waals surface area contributed by atoms with Gasteiger partial charge < -0.3 is 10.3 Å². The van der Waals surface area contributed by atoms with Gasteiger partial charge in [0.05, 0.1) is 0 Å². The van der Waals surface area contributed by atoms with Gasteiger partial charge >= 0.3 is 0 Å². The van der Waals surface area contributed by atoms with Crippen LogP contribution in [0.5, 0.6) is 0 Å². The van der Waals surface area contributed by atoms with Gasteiger partial charge in [-0.1, -0.05) is 17.7 Å². The molecule has 3 nitrogen and oxygen atoms in total. The number of aromatic amines is 1. The summed E-state index contributed by atoms with van der Waals surface area (Å²) >= 11 is 0. The van der Waals surface area contributed by atoms with Gasteiger partial charge in [0, 0.05) is 24.0 Å². The summed E-state index contributed by atoms with van der Waals surface area (Å²) in [5.74, 6) is 0.0449. The first-order valence-corrected chi connectivity index (χ1v) is 5.73. The van der Waals surface area contributed by atoms with Crippen LogP contribution in [0.2, 0.25) is 0 Å². The summed E-state index contributed by atoms with van der Waals surface area (Å²) in [6, 6.07) is 11.7. The molecule has 88 valence electrons. The number of amides is 1. The van der Waals surface area contributed by atoms with Crippen molar-refractivity contribution < 1.29 is 4.79 Å². The third-order valence-corrected chi connectivity index (χ3v) is 2.62. The van der Waals surface area contributed by atoms with E-state index in [0.29, 0.717) is 6.42 Å². The Morgan fingerprint density at radius 3 is 2.65 bits per heavy atom. The maximum Gasteiger partial charge on any atom is 0.224 e. The molecule has 1 heterocycles. The molecule has 0 fully saturated rings. The van der Waals surface area contributed by atoms with Crippen LogP contribution in [0.4, 0.5) is 5.69 Å². The second-order valence-corrected chi connectivity index (χ2v) is 4.11. The Kier molecular flexibility index (Phi) is 3.60. The normalized spacial score (nSPS) is 10.2. The van der Waals surface area contributed by atoms with Gasteiger partial charge in [-0.15, -0.1) is 0 Å². The summed E-state index contributed by atoms with van der Waals surface area (Å²) in [7, 11) is 0. The zero-order chi connectivity index (χ0) is 12.1. The van der Waals surface area contributed by atoms with Crippen molar-refractivity contribution in [1.29, 1.82) is 0 Å². The SMILES string of the molecule is Cc1ccc(NC(=O)CCc2ccc[nH]2)cc1. The highest BCUT2D eigenvalue weighted by Gasteiger charge is 2.03. The zero-order valence-corrected chi connectivity index (χ0v) is 9.86. The first-order chi connectivity index (χ1) is 8.24. The molecular weight excluding hydrogens is 212 g/mol. The van der Waals surface area contributed by atoms with E-state index in [1.807, 2.05) is 49.5 Å². The van der Waals surface area contributed by atoms with E-state index in [-0.39, 0.29) is 5.91 Å². The van der Waals surface area contributed by atoms with E-state index in [1.165, 1.54) is 5.56 Å². The van der Waals surface area contributed by atoms with E-state index in [9.17, 15) is 4.79 Å². The molecule has 0 saturated carbocycles. The molecule has 17 heavy (non-hydrogen) atoms. The molecule has 2 N–H and O–H groups in total. The number of aromatic nitrogens is 1. The number of nitrogens with one attached hydrogen (secondary N) is 2. The molecular formula is C14H16N2O. The molecule has 1 aromatic heterocycles. The number of benzene rings is 1. The lowest BCUT2D eigenvalue weighted by atomic mass is 10.2. The van der Waals surface area contributed by atoms with Gasteiger partial charge in [0.2, 0.25) is 5.91 Å². The minimum absolute atomic E-state index is 0.0449. The van der Waals surface area contributed by atoms with Crippen molar-refractivity contribution in [3.05, 3.63) is 53.9 Å². The monoisotopic (exact) mass is 228 g/mol. The Balaban J connectivity index is 1.83. The smallest absolute Gasteiger partial charge is 0.224 e. The lowest BCUT2D eigenvalue weighted by Crippen LogP contribution is -2.12. The Labute approximate surface area is 101 Å². The highest BCUT2D eigenvalue weighted by atomic mass is 16.1. The number of aryl methyl sites for hydroxylation is 2. The van der Waals surface area contributed by atoms with Gasteiger partial charge in [0.25, 0.3) is 0 Å². The number of anilines is 1. The first-order valence-electron chi connectivity index (χ1n) is 5.73. The summed E-state index contributed by atoms with van der Waals surface area (Å²) in [5.41, 5.74) is 3.13. The number of carbonyl (C=O) groups is 1. The highest BCUT2D eigenvalue weighted by Crippen LogP contribution is 2.09. The average Bonchev–Trinajstić information content (AvgIpc) is 2.83. The third kappa shape index (κ3) is 3.48. The molecule has 0 aliphatic heterocycles. The average molecular weight is 228 g/mol. The lowest BCUT2D eigenvalue weighted by molar-refractivity contribution is -0.116. The van der Waals surface area contributed by atoms with Crippen LogP contribution in [0.1, 0.15) is 17.7 Å². The predicted molar refractivity (Wildman–Crippen MR) is 68.9 cm³/mol. The first kappa shape index (κ1) is 11.5. The van der Waals surface area contributed by atoms with Gasteiger partial charge in [-0.3, -0.25) is 4.79 Å². The number of hydrogen-bond acceptors (Lipinski definition) is 1. The third-order valence-electron chi connectivity index (χ3n) is 2.62. The predicted octanol–water partition coefficient (Wildman–Crippen LogP) is 2.89. The lowest BCUT2D eigenvalue weighted by Gasteiger charge is -2.04. The van der Waals surface area contributed by atoms with Crippen LogP contribution in [-0.2, 0) is 11.2 Å². The Hall–Kier alpha value is -2.03. The maximum atomic E-state index is 11.7. The summed E-state index contributed by atoms with van der Waals surface area (Å²) in [6.07, 6.45) is 3.10. The molecule has 0 bridgehead atoms. The van der Waals surface area contributed by atoms with E-state index < -0.39 is 0 Å². The fourth-order valence-corrected chi connectivity index (χ4v) is 1.63. The van der Waals surface area contributed by atoms with E-state index in [0.717, 1.165) is 17.8 Å². The molecule has 0 atom stereocenters. The van der Waals surface area contributed by atoms with Crippen molar-refractivity contribution in [2.24, 2.45) is 0 Å². The van der Waals surface area contributed by atoms with Gasteiger partial charge in [-0.2, -0.15) is 0 Å². The summed E-state index contributed by atoms with van der Waals surface area (Å²) in [4.78, 5) is 14.8. The minimum atomic E-state index is 0.0449. The molecule has 0 unspecified atom stereocenters. The summed E-state index contributed by atoms with van der Waals surface area (Å²) in [5, 5.41) is 2.88. The molecule has 3 heteroatoms. The summed E-state index contributed by atoms with van der Waals surface area (Å²) < 4.78 is 0. The second kappa shape index (κ2) is 5.34. The Morgan fingerprint density at radius 2 is 2.00 bits per heavy atom. The molecule has 1 aromatic carbocycles. The van der Waals surface area contributed by atoms with Crippen molar-refractivity contribution in [2.45, 2.75) is 19.8 Å². The quantitative estimate of drug-likeness (QED) is 0.830. The van der Waals surface area contributed by atoms with Gasteiger partial charge in [-0.25, -0.2) is 0 Å². The second-order valence-electron chi connectivity index (χ2n) is 4.11. The molecule has 1 amide bonds. The van der Waals surface area contributed by atoms with Crippen molar-refractivity contribution in [3.8, 4) is 0 Å². The van der Waals surface area contributed by atoms with E-state index >= 15 is 0 Å². The highest BCUT2D eigenvalue weighted by molar-refractivity contribution is 5.90. The van der Waals surface area contributed by atoms with E-state index in [4.69, 9.17) is 0 Å². The number of hydrogen-bond donors (Lipinski definition) is 2. The van der Waals surface area contributed by atoms with Crippen LogP contribution in [0.25, 0.3) is 0 Å². The van der Waals surface area contributed by atoms with Gasteiger partial charge in [-0.05, 0) is 37.6 Å². The van der Waals surface area contributed by atoms with Crippen molar-refractivity contribution in [1.82, 2.24) is 4.98 Å². The molecule has 2 aromatic rings. The minimum Gasteiger partial charge on any atom is -0.365 e. The van der Waals surface area contributed by atoms with Crippen molar-refractivity contribution >= 4 is 11.6 Å². The largest absolute Gasteiger partial charge is 0.365 e. The fraction of sp³-hybridized carbons (Fsp3) is 0.214. The van der Waals surface area contributed by atoms with Crippen LogP contribution in [0.15, 0.2) is 42.6 Å². The molecule has 2 rings (SSSR count). The summed E-state index contributed by atoms with van der Waals surface area (Å²) in [6.45, 7) is 2.02. The molecule has 0 aliphatic rings. The van der Waals surface area contributed by atoms with E-state index in [1.54, 1.807) is 0 Å². The van der Waals surface area contributed by atoms with Crippen LogP contribution in [0.3, 0.4) is 0 Å². The van der Waals surface area contributed by atoms with Crippen molar-refractivity contribution in [2.75, 3.05) is 5.32 Å². The Morgan fingerprint density at radius 1 is 1.24 bits per heavy atom.